The molecule has 0 radical (unpaired) electrons. The summed E-state index contributed by atoms with van der Waals surface area (Å²) in [7, 11) is 0. The summed E-state index contributed by atoms with van der Waals surface area (Å²) in [6.45, 7) is 5.65. The van der Waals surface area contributed by atoms with Crippen molar-refractivity contribution in [2.45, 2.75) is 33.5 Å². The van der Waals surface area contributed by atoms with Crippen LogP contribution in [0.15, 0.2) is 41.5 Å². The third-order valence-corrected chi connectivity index (χ3v) is 3.43. The number of benzene rings is 1. The summed E-state index contributed by atoms with van der Waals surface area (Å²) in [4.78, 5) is 25.2. The average Bonchev–Trinajstić information content (AvgIpc) is 2.57. The maximum absolute atomic E-state index is 12.2. The van der Waals surface area contributed by atoms with Gasteiger partial charge in [-0.15, -0.1) is 0 Å². The summed E-state index contributed by atoms with van der Waals surface area (Å²) in [5.41, 5.74) is 2.68. The van der Waals surface area contributed by atoms with Crippen molar-refractivity contribution < 1.29 is 9.59 Å². The van der Waals surface area contributed by atoms with Crippen molar-refractivity contribution in [3.63, 3.8) is 0 Å². The number of nitrogens with zero attached hydrogens (tertiary/aromatic N) is 1. The molecule has 0 saturated heterocycles. The molecule has 100 valence electrons. The van der Waals surface area contributed by atoms with Crippen molar-refractivity contribution in [1.29, 1.82) is 0 Å². The van der Waals surface area contributed by atoms with Crippen molar-refractivity contribution in [3.05, 3.63) is 47.0 Å². The molecule has 1 heterocycles. The molecule has 0 bridgehead atoms. The monoisotopic (exact) mass is 258 g/mol. The lowest BCUT2D eigenvalue weighted by Gasteiger charge is -2.27. The predicted octanol–water partition coefficient (Wildman–Crippen LogP) is 1.83. The van der Waals surface area contributed by atoms with Crippen molar-refractivity contribution in [3.8, 4) is 0 Å². The average molecular weight is 258 g/mol. The molecular weight excluding hydrogens is 240 g/mol. The highest BCUT2D eigenvalue weighted by atomic mass is 16.2. The van der Waals surface area contributed by atoms with E-state index >= 15 is 0 Å². The highest BCUT2D eigenvalue weighted by molar-refractivity contribution is 5.97. The van der Waals surface area contributed by atoms with Crippen LogP contribution >= 0.6 is 0 Å². The molecule has 0 saturated carbocycles. The van der Waals surface area contributed by atoms with Gasteiger partial charge >= 0.3 is 0 Å². The fraction of sp³-hybridized carbons (Fsp3) is 0.333. The van der Waals surface area contributed by atoms with E-state index in [4.69, 9.17) is 0 Å². The Labute approximate surface area is 113 Å². The standard InChI is InChI=1S/C15H18N2O2/c1-10-11(2)15(19)17(14(10)16-12(3)18)9-13-7-5-4-6-8-13/h4-8,14H,9H2,1-3H3,(H,16,18)/t14-/m0/s1. The van der Waals surface area contributed by atoms with Crippen LogP contribution in [-0.2, 0) is 16.1 Å². The van der Waals surface area contributed by atoms with Crippen molar-refractivity contribution in [2.24, 2.45) is 0 Å². The molecule has 2 amide bonds. The first-order valence-corrected chi connectivity index (χ1v) is 6.30. The lowest BCUT2D eigenvalue weighted by atomic mass is 10.1. The van der Waals surface area contributed by atoms with Crippen LogP contribution in [0.3, 0.4) is 0 Å². The van der Waals surface area contributed by atoms with Gasteiger partial charge in [-0.3, -0.25) is 9.59 Å². The van der Waals surface area contributed by atoms with Crippen LogP contribution in [0, 0.1) is 0 Å². The topological polar surface area (TPSA) is 49.4 Å². The molecule has 0 aliphatic carbocycles. The SMILES string of the molecule is CC(=O)N[C@@H]1C(C)=C(C)C(=O)N1Cc1ccccc1. The lowest BCUT2D eigenvalue weighted by molar-refractivity contribution is -0.129. The molecule has 0 spiro atoms. The van der Waals surface area contributed by atoms with E-state index in [0.717, 1.165) is 16.7 Å². The summed E-state index contributed by atoms with van der Waals surface area (Å²) in [6.07, 6.45) is -0.329. The Morgan fingerprint density at radius 1 is 1.26 bits per heavy atom. The minimum Gasteiger partial charge on any atom is -0.332 e. The number of hydrogen-bond donors (Lipinski definition) is 1. The molecule has 1 N–H and O–H groups in total. The molecule has 0 aromatic heterocycles. The lowest BCUT2D eigenvalue weighted by Crippen LogP contribution is -2.46. The predicted molar refractivity (Wildman–Crippen MR) is 73.0 cm³/mol. The van der Waals surface area contributed by atoms with Crippen molar-refractivity contribution in [1.82, 2.24) is 10.2 Å². The molecule has 1 aliphatic rings. The van der Waals surface area contributed by atoms with E-state index < -0.39 is 0 Å². The van der Waals surface area contributed by atoms with Gasteiger partial charge in [0, 0.05) is 19.0 Å². The van der Waals surface area contributed by atoms with Crippen molar-refractivity contribution in [2.75, 3.05) is 0 Å². The molecule has 4 nitrogen and oxygen atoms in total. The Hall–Kier alpha value is -2.10. The van der Waals surface area contributed by atoms with Gasteiger partial charge in [-0.2, -0.15) is 0 Å². The van der Waals surface area contributed by atoms with Crippen LogP contribution in [0.25, 0.3) is 0 Å². The maximum atomic E-state index is 12.2. The molecule has 1 aromatic carbocycles. The van der Waals surface area contributed by atoms with Gasteiger partial charge in [0.15, 0.2) is 0 Å². The van der Waals surface area contributed by atoms with Gasteiger partial charge in [-0.25, -0.2) is 0 Å². The Morgan fingerprint density at radius 3 is 2.47 bits per heavy atom. The Balaban J connectivity index is 2.23. The van der Waals surface area contributed by atoms with E-state index in [1.54, 1.807) is 11.8 Å². The van der Waals surface area contributed by atoms with Gasteiger partial charge in [-0.1, -0.05) is 30.3 Å². The number of rotatable bonds is 3. The molecule has 2 rings (SSSR count). The van der Waals surface area contributed by atoms with E-state index in [0.29, 0.717) is 6.54 Å². The summed E-state index contributed by atoms with van der Waals surface area (Å²) in [5.74, 6) is -0.148. The van der Waals surface area contributed by atoms with E-state index in [-0.39, 0.29) is 18.0 Å². The van der Waals surface area contributed by atoms with E-state index in [9.17, 15) is 9.59 Å². The second-order valence-corrected chi connectivity index (χ2v) is 4.83. The largest absolute Gasteiger partial charge is 0.332 e. The smallest absolute Gasteiger partial charge is 0.251 e. The first kappa shape index (κ1) is 13.3. The summed E-state index contributed by atoms with van der Waals surface area (Å²) in [5, 5.41) is 2.83. The number of carbonyl (C=O) groups excluding carboxylic acids is 2. The molecular formula is C15H18N2O2. The molecule has 0 unspecified atom stereocenters. The minimum absolute atomic E-state index is 0.0138. The zero-order valence-electron chi connectivity index (χ0n) is 11.4. The van der Waals surface area contributed by atoms with Gasteiger partial charge in [0.2, 0.25) is 5.91 Å². The van der Waals surface area contributed by atoms with Gasteiger partial charge in [0.1, 0.15) is 6.17 Å². The van der Waals surface area contributed by atoms with Crippen LogP contribution in [0.5, 0.6) is 0 Å². The highest BCUT2D eigenvalue weighted by Crippen LogP contribution is 2.25. The third-order valence-electron chi connectivity index (χ3n) is 3.43. The number of nitrogens with one attached hydrogen (secondary N) is 1. The molecule has 1 atom stereocenters. The first-order valence-electron chi connectivity index (χ1n) is 6.30. The van der Waals surface area contributed by atoms with Crippen LogP contribution in [0.1, 0.15) is 26.3 Å². The maximum Gasteiger partial charge on any atom is 0.251 e. The summed E-state index contributed by atoms with van der Waals surface area (Å²) < 4.78 is 0. The quantitative estimate of drug-likeness (QED) is 0.899. The number of carbonyl (C=O) groups is 2. The second-order valence-electron chi connectivity index (χ2n) is 4.83. The Kier molecular flexibility index (Phi) is 3.69. The van der Waals surface area contributed by atoms with Gasteiger partial charge < -0.3 is 10.2 Å². The molecule has 1 aliphatic heterocycles. The zero-order valence-corrected chi connectivity index (χ0v) is 11.4. The third kappa shape index (κ3) is 2.67. The molecule has 0 fully saturated rings. The number of hydrogen-bond acceptors (Lipinski definition) is 2. The Morgan fingerprint density at radius 2 is 1.89 bits per heavy atom. The molecule has 1 aromatic rings. The molecule has 19 heavy (non-hydrogen) atoms. The minimum atomic E-state index is -0.329. The normalized spacial score (nSPS) is 19.0. The van der Waals surface area contributed by atoms with Crippen molar-refractivity contribution >= 4 is 11.8 Å². The van der Waals surface area contributed by atoms with Crippen LogP contribution in [0.4, 0.5) is 0 Å². The fourth-order valence-corrected chi connectivity index (χ4v) is 2.26. The van der Waals surface area contributed by atoms with E-state index in [2.05, 4.69) is 5.32 Å². The van der Waals surface area contributed by atoms with Gasteiger partial charge in [0.05, 0.1) is 0 Å². The number of amides is 2. The zero-order chi connectivity index (χ0) is 14.0. The molecule has 4 heteroatoms. The van der Waals surface area contributed by atoms with E-state index in [1.165, 1.54) is 6.92 Å². The van der Waals surface area contributed by atoms with Crippen LogP contribution < -0.4 is 5.32 Å². The van der Waals surface area contributed by atoms with Crippen LogP contribution in [0.2, 0.25) is 0 Å². The highest BCUT2D eigenvalue weighted by Gasteiger charge is 2.35. The summed E-state index contributed by atoms with van der Waals surface area (Å²) in [6, 6.07) is 9.77. The first-order chi connectivity index (χ1) is 9.00. The second kappa shape index (κ2) is 5.26. The summed E-state index contributed by atoms with van der Waals surface area (Å²) >= 11 is 0. The van der Waals surface area contributed by atoms with Crippen LogP contribution in [-0.4, -0.2) is 22.9 Å². The van der Waals surface area contributed by atoms with E-state index in [1.807, 2.05) is 37.3 Å². The fourth-order valence-electron chi connectivity index (χ4n) is 2.26. The van der Waals surface area contributed by atoms with Gasteiger partial charge in [-0.05, 0) is 25.0 Å². The van der Waals surface area contributed by atoms with Gasteiger partial charge in [0.25, 0.3) is 5.91 Å². The Bertz CT molecular complexity index is 534.